The lowest BCUT2D eigenvalue weighted by molar-refractivity contribution is 0.0586. The zero-order valence-electron chi connectivity index (χ0n) is 9.62. The number of aryl methyl sites for hydroxylation is 1. The van der Waals surface area contributed by atoms with E-state index in [0.717, 1.165) is 11.3 Å². The molecule has 0 atom stereocenters. The quantitative estimate of drug-likeness (QED) is 0.732. The highest BCUT2D eigenvalue weighted by Gasteiger charge is 2.11. The zero-order chi connectivity index (χ0) is 12.3. The van der Waals surface area contributed by atoms with E-state index in [4.69, 9.17) is 0 Å². The molecule has 2 aromatic heterocycles. The third kappa shape index (κ3) is 2.47. The average Bonchev–Trinajstić information content (AvgIpc) is 2.80. The summed E-state index contributed by atoms with van der Waals surface area (Å²) in [6.45, 7) is 2.46. The second kappa shape index (κ2) is 4.73. The topological polar surface area (TPSA) is 69.9 Å². The first-order chi connectivity index (χ1) is 8.20. The van der Waals surface area contributed by atoms with Gasteiger partial charge in [0.05, 0.1) is 13.7 Å². The van der Waals surface area contributed by atoms with E-state index in [0.29, 0.717) is 6.54 Å². The van der Waals surface area contributed by atoms with Crippen LogP contribution in [-0.2, 0) is 11.3 Å². The van der Waals surface area contributed by atoms with Crippen LogP contribution in [0.5, 0.6) is 0 Å². The summed E-state index contributed by atoms with van der Waals surface area (Å²) in [5.41, 5.74) is 1.97. The van der Waals surface area contributed by atoms with E-state index < -0.39 is 5.97 Å². The zero-order valence-corrected chi connectivity index (χ0v) is 9.62. The van der Waals surface area contributed by atoms with Crippen molar-refractivity contribution in [3.05, 3.63) is 41.7 Å². The molecule has 0 N–H and O–H groups in total. The minimum absolute atomic E-state index is 0.0639. The number of carbonyl (C=O) groups excluding carboxylic acids is 1. The van der Waals surface area contributed by atoms with Crippen LogP contribution >= 0.6 is 0 Å². The lowest BCUT2D eigenvalue weighted by Crippen LogP contribution is -2.07. The van der Waals surface area contributed by atoms with E-state index in [9.17, 15) is 4.79 Å². The van der Waals surface area contributed by atoms with Gasteiger partial charge in [-0.3, -0.25) is 4.98 Å². The Hall–Kier alpha value is -2.24. The molecule has 0 aliphatic carbocycles. The van der Waals surface area contributed by atoms with Gasteiger partial charge in [-0.05, 0) is 18.6 Å². The van der Waals surface area contributed by atoms with E-state index in [-0.39, 0.29) is 5.82 Å². The molecule has 0 bridgehead atoms. The largest absolute Gasteiger partial charge is 0.463 e. The molecule has 2 aromatic rings. The van der Waals surface area contributed by atoms with E-state index in [2.05, 4.69) is 19.8 Å². The van der Waals surface area contributed by atoms with Crippen LogP contribution in [0.4, 0.5) is 0 Å². The van der Waals surface area contributed by atoms with Crippen LogP contribution < -0.4 is 0 Å². The van der Waals surface area contributed by atoms with Gasteiger partial charge >= 0.3 is 5.97 Å². The van der Waals surface area contributed by atoms with Crippen molar-refractivity contribution in [2.24, 2.45) is 0 Å². The number of hydrogen-bond donors (Lipinski definition) is 0. The van der Waals surface area contributed by atoms with E-state index >= 15 is 0 Å². The molecule has 0 spiro atoms. The third-order valence-electron chi connectivity index (χ3n) is 2.35. The Morgan fingerprint density at radius 2 is 2.29 bits per heavy atom. The Morgan fingerprint density at radius 1 is 1.47 bits per heavy atom. The predicted octanol–water partition coefficient (Wildman–Crippen LogP) is 0.816. The molecule has 88 valence electrons. The monoisotopic (exact) mass is 232 g/mol. The molecule has 6 heteroatoms. The molecule has 0 amide bonds. The number of hydrogen-bond acceptors (Lipinski definition) is 5. The molecule has 0 aromatic carbocycles. The maximum absolute atomic E-state index is 11.2. The highest BCUT2D eigenvalue weighted by molar-refractivity contribution is 5.84. The molecular weight excluding hydrogens is 220 g/mol. The van der Waals surface area contributed by atoms with Crippen molar-refractivity contribution in [3.8, 4) is 0 Å². The first kappa shape index (κ1) is 11.3. The van der Waals surface area contributed by atoms with Crippen molar-refractivity contribution in [2.45, 2.75) is 13.5 Å². The summed E-state index contributed by atoms with van der Waals surface area (Å²) >= 11 is 0. The Morgan fingerprint density at radius 3 is 3.00 bits per heavy atom. The number of carbonyl (C=O) groups is 1. The molecule has 0 unspecified atom stereocenters. The van der Waals surface area contributed by atoms with Crippen molar-refractivity contribution in [3.63, 3.8) is 0 Å². The van der Waals surface area contributed by atoms with Crippen molar-refractivity contribution in [2.75, 3.05) is 7.11 Å². The van der Waals surface area contributed by atoms with Gasteiger partial charge in [0, 0.05) is 11.9 Å². The number of methoxy groups -OCH3 is 1. The van der Waals surface area contributed by atoms with Crippen LogP contribution in [-0.4, -0.2) is 32.8 Å². The number of esters is 1. The Labute approximate surface area is 98.3 Å². The lowest BCUT2D eigenvalue weighted by atomic mass is 10.2. The molecule has 6 nitrogen and oxygen atoms in total. The van der Waals surface area contributed by atoms with Crippen molar-refractivity contribution >= 4 is 5.97 Å². The molecule has 0 radical (unpaired) electrons. The molecule has 0 saturated heterocycles. The number of nitrogens with zero attached hydrogens (tertiary/aromatic N) is 4. The van der Waals surface area contributed by atoms with Gasteiger partial charge in [0.2, 0.25) is 0 Å². The van der Waals surface area contributed by atoms with E-state index in [1.165, 1.54) is 13.4 Å². The molecular formula is C11H12N4O2. The summed E-state index contributed by atoms with van der Waals surface area (Å²) in [5.74, 6) is -0.472. The first-order valence-corrected chi connectivity index (χ1v) is 5.09. The normalized spacial score (nSPS) is 10.2. The SMILES string of the molecule is COC(=O)c1ncn(Cc2cccnc2C)n1. The molecule has 0 aliphatic rings. The van der Waals surface area contributed by atoms with Gasteiger partial charge in [-0.2, -0.15) is 0 Å². The Balaban J connectivity index is 2.17. The maximum atomic E-state index is 11.2. The number of pyridine rings is 1. The summed E-state index contributed by atoms with van der Waals surface area (Å²) in [5, 5.41) is 4.02. The number of aromatic nitrogens is 4. The highest BCUT2D eigenvalue weighted by atomic mass is 16.5. The lowest BCUT2D eigenvalue weighted by Gasteiger charge is -2.03. The fraction of sp³-hybridized carbons (Fsp3) is 0.273. The van der Waals surface area contributed by atoms with Crippen molar-refractivity contribution < 1.29 is 9.53 Å². The van der Waals surface area contributed by atoms with Crippen molar-refractivity contribution in [1.82, 2.24) is 19.7 Å². The van der Waals surface area contributed by atoms with E-state index in [1.807, 2.05) is 19.1 Å². The van der Waals surface area contributed by atoms with Gasteiger partial charge in [-0.15, -0.1) is 5.10 Å². The molecule has 0 saturated carbocycles. The summed E-state index contributed by atoms with van der Waals surface area (Å²) in [4.78, 5) is 19.2. The minimum Gasteiger partial charge on any atom is -0.463 e. The van der Waals surface area contributed by atoms with Gasteiger partial charge in [-0.25, -0.2) is 14.5 Å². The second-order valence-corrected chi connectivity index (χ2v) is 3.51. The van der Waals surface area contributed by atoms with E-state index in [1.54, 1.807) is 10.9 Å². The molecule has 0 fully saturated rings. The summed E-state index contributed by atoms with van der Waals surface area (Å²) in [6.07, 6.45) is 3.23. The van der Waals surface area contributed by atoms with Crippen LogP contribution in [0.1, 0.15) is 21.9 Å². The summed E-state index contributed by atoms with van der Waals surface area (Å²) < 4.78 is 6.11. The summed E-state index contributed by atoms with van der Waals surface area (Å²) in [6, 6.07) is 3.82. The van der Waals surface area contributed by atoms with Gasteiger partial charge < -0.3 is 4.74 Å². The smallest absolute Gasteiger partial charge is 0.377 e. The summed E-state index contributed by atoms with van der Waals surface area (Å²) in [7, 11) is 1.30. The Bertz CT molecular complexity index is 536. The van der Waals surface area contributed by atoms with Crippen LogP contribution in [0, 0.1) is 6.92 Å². The molecule has 2 heterocycles. The highest BCUT2D eigenvalue weighted by Crippen LogP contribution is 2.05. The van der Waals surface area contributed by atoms with Crippen LogP contribution in [0.25, 0.3) is 0 Å². The van der Waals surface area contributed by atoms with Crippen LogP contribution in [0.15, 0.2) is 24.7 Å². The number of ether oxygens (including phenoxy) is 1. The molecule has 0 aliphatic heterocycles. The van der Waals surface area contributed by atoms with Gasteiger partial charge in [0.25, 0.3) is 5.82 Å². The minimum atomic E-state index is -0.536. The maximum Gasteiger partial charge on any atom is 0.377 e. The first-order valence-electron chi connectivity index (χ1n) is 5.09. The van der Waals surface area contributed by atoms with Crippen molar-refractivity contribution in [1.29, 1.82) is 0 Å². The standard InChI is InChI=1S/C11H12N4O2/c1-8-9(4-3-5-12-8)6-15-7-13-10(14-15)11(16)17-2/h3-5,7H,6H2,1-2H3. The number of rotatable bonds is 3. The van der Waals surface area contributed by atoms with Gasteiger partial charge in [0.15, 0.2) is 0 Å². The average molecular weight is 232 g/mol. The fourth-order valence-electron chi connectivity index (χ4n) is 1.41. The predicted molar refractivity (Wildman–Crippen MR) is 59.4 cm³/mol. The third-order valence-corrected chi connectivity index (χ3v) is 2.35. The Kier molecular flexibility index (Phi) is 3.13. The van der Waals surface area contributed by atoms with Gasteiger partial charge in [0.1, 0.15) is 6.33 Å². The van der Waals surface area contributed by atoms with Crippen LogP contribution in [0.2, 0.25) is 0 Å². The van der Waals surface area contributed by atoms with Crippen LogP contribution in [0.3, 0.4) is 0 Å². The fourth-order valence-corrected chi connectivity index (χ4v) is 1.41. The molecule has 2 rings (SSSR count). The molecule has 17 heavy (non-hydrogen) atoms. The second-order valence-electron chi connectivity index (χ2n) is 3.51. The van der Waals surface area contributed by atoms with Gasteiger partial charge in [-0.1, -0.05) is 6.07 Å².